The number of aromatic amines is 1. The molecule has 0 fully saturated rings. The van der Waals surface area contributed by atoms with Crippen LogP contribution in [0.2, 0.25) is 0 Å². The first-order valence-electron chi connectivity index (χ1n) is 8.18. The molecule has 1 heterocycles. The Morgan fingerprint density at radius 1 is 1.15 bits per heavy atom. The molecule has 0 aliphatic heterocycles. The summed E-state index contributed by atoms with van der Waals surface area (Å²) in [7, 11) is 1.34. The minimum absolute atomic E-state index is 0.227. The fraction of sp³-hybridized carbons (Fsp3) is 0.150. The number of nitrogens with zero attached hydrogens (tertiary/aromatic N) is 1. The molecule has 26 heavy (non-hydrogen) atoms. The van der Waals surface area contributed by atoms with E-state index in [1.165, 1.54) is 13.2 Å². The summed E-state index contributed by atoms with van der Waals surface area (Å²) in [6, 6.07) is 14.3. The summed E-state index contributed by atoms with van der Waals surface area (Å²) in [5.41, 5.74) is 3.08. The lowest BCUT2D eigenvalue weighted by molar-refractivity contribution is -0.117. The van der Waals surface area contributed by atoms with Crippen molar-refractivity contribution < 1.29 is 14.3 Å². The molecule has 6 nitrogen and oxygen atoms in total. The van der Waals surface area contributed by atoms with E-state index in [1.807, 2.05) is 31.2 Å². The van der Waals surface area contributed by atoms with Gasteiger partial charge in [-0.2, -0.15) is 0 Å². The second kappa shape index (κ2) is 7.65. The first kappa shape index (κ1) is 17.4. The van der Waals surface area contributed by atoms with Crippen LogP contribution in [0.1, 0.15) is 34.7 Å². The number of hydrogen-bond acceptors (Lipinski definition) is 4. The molecule has 0 spiro atoms. The van der Waals surface area contributed by atoms with Crippen LogP contribution in [0.25, 0.3) is 17.1 Å². The molecule has 132 valence electrons. The van der Waals surface area contributed by atoms with Gasteiger partial charge in [-0.3, -0.25) is 4.79 Å². The number of carbonyl (C=O) groups excluding carboxylic acids is 2. The van der Waals surface area contributed by atoms with E-state index in [4.69, 9.17) is 0 Å². The van der Waals surface area contributed by atoms with Gasteiger partial charge in [-0.25, -0.2) is 9.78 Å². The van der Waals surface area contributed by atoms with E-state index < -0.39 is 5.97 Å². The number of methoxy groups -OCH3 is 1. The molecular formula is C20H19N3O3. The molecule has 3 rings (SSSR count). The van der Waals surface area contributed by atoms with Crippen molar-refractivity contribution in [1.82, 2.24) is 15.3 Å². The Labute approximate surface area is 150 Å². The second-order valence-corrected chi connectivity index (χ2v) is 5.82. The first-order chi connectivity index (χ1) is 12.6. The third-order valence-corrected chi connectivity index (χ3v) is 3.94. The number of nitrogens with one attached hydrogen (secondary N) is 2. The molecule has 1 amide bonds. The summed E-state index contributed by atoms with van der Waals surface area (Å²) >= 11 is 0. The van der Waals surface area contributed by atoms with Crippen molar-refractivity contribution in [3.8, 4) is 0 Å². The number of aromatic nitrogens is 2. The molecule has 3 aromatic rings. The van der Waals surface area contributed by atoms with Gasteiger partial charge in [0.05, 0.1) is 29.7 Å². The summed E-state index contributed by atoms with van der Waals surface area (Å²) in [5, 5.41) is 2.87. The zero-order valence-corrected chi connectivity index (χ0v) is 14.5. The summed E-state index contributed by atoms with van der Waals surface area (Å²) in [5.74, 6) is 0.0864. The number of para-hydroxylation sites is 2. The van der Waals surface area contributed by atoms with Crippen LogP contribution in [0, 0.1) is 0 Å². The van der Waals surface area contributed by atoms with Crippen LogP contribution < -0.4 is 5.32 Å². The van der Waals surface area contributed by atoms with Gasteiger partial charge >= 0.3 is 5.97 Å². The number of rotatable bonds is 5. The van der Waals surface area contributed by atoms with Crippen molar-refractivity contribution in [2.45, 2.75) is 13.0 Å². The van der Waals surface area contributed by atoms with E-state index in [0.29, 0.717) is 11.4 Å². The molecule has 1 aromatic heterocycles. The topological polar surface area (TPSA) is 84.1 Å². The highest BCUT2D eigenvalue weighted by molar-refractivity contribution is 5.92. The van der Waals surface area contributed by atoms with Crippen molar-refractivity contribution in [3.05, 3.63) is 71.6 Å². The maximum absolute atomic E-state index is 12.1. The zero-order chi connectivity index (χ0) is 18.5. The van der Waals surface area contributed by atoms with Gasteiger partial charge in [0.25, 0.3) is 0 Å². The molecule has 0 saturated heterocycles. The van der Waals surface area contributed by atoms with E-state index in [0.717, 1.165) is 16.6 Å². The quantitative estimate of drug-likeness (QED) is 0.547. The molecule has 1 unspecified atom stereocenters. The molecule has 2 N–H and O–H groups in total. The second-order valence-electron chi connectivity index (χ2n) is 5.82. The van der Waals surface area contributed by atoms with Gasteiger partial charge in [-0.1, -0.05) is 24.3 Å². The molecular weight excluding hydrogens is 330 g/mol. The number of fused-ring (bicyclic) bond motifs is 1. The first-order valence-corrected chi connectivity index (χ1v) is 8.18. The highest BCUT2D eigenvalue weighted by Crippen LogP contribution is 2.15. The normalized spacial score (nSPS) is 12.2. The van der Waals surface area contributed by atoms with E-state index >= 15 is 0 Å². The average molecular weight is 349 g/mol. The van der Waals surface area contributed by atoms with E-state index in [9.17, 15) is 9.59 Å². The number of amides is 1. The number of H-pyrrole nitrogens is 1. The Kier molecular flexibility index (Phi) is 5.12. The Balaban J connectivity index is 1.62. The lowest BCUT2D eigenvalue weighted by Gasteiger charge is -2.09. The van der Waals surface area contributed by atoms with Gasteiger partial charge in [0, 0.05) is 6.08 Å². The number of imidazole rings is 1. The fourth-order valence-corrected chi connectivity index (χ4v) is 2.53. The third-order valence-electron chi connectivity index (χ3n) is 3.94. The SMILES string of the molecule is COC(=O)c1ccc(/C=C/C(=O)NC(C)c2nc3ccccc3[nH]2)cc1. The molecule has 0 saturated carbocycles. The predicted molar refractivity (Wildman–Crippen MR) is 99.5 cm³/mol. The van der Waals surface area contributed by atoms with Crippen LogP contribution in [-0.2, 0) is 9.53 Å². The monoisotopic (exact) mass is 349 g/mol. The van der Waals surface area contributed by atoms with Crippen LogP contribution >= 0.6 is 0 Å². The van der Waals surface area contributed by atoms with Gasteiger partial charge in [-0.05, 0) is 42.8 Å². The fourth-order valence-electron chi connectivity index (χ4n) is 2.53. The highest BCUT2D eigenvalue weighted by Gasteiger charge is 2.12. The maximum Gasteiger partial charge on any atom is 0.337 e. The summed E-state index contributed by atoms with van der Waals surface area (Å²) < 4.78 is 4.65. The van der Waals surface area contributed by atoms with Crippen LogP contribution in [0.5, 0.6) is 0 Å². The van der Waals surface area contributed by atoms with Gasteiger partial charge < -0.3 is 15.0 Å². The van der Waals surface area contributed by atoms with E-state index in [2.05, 4.69) is 20.0 Å². The number of benzene rings is 2. The molecule has 0 aliphatic carbocycles. The van der Waals surface area contributed by atoms with Crippen LogP contribution in [-0.4, -0.2) is 29.0 Å². The van der Waals surface area contributed by atoms with Gasteiger partial charge in [0.2, 0.25) is 5.91 Å². The van der Waals surface area contributed by atoms with Crippen molar-refractivity contribution in [2.75, 3.05) is 7.11 Å². The third kappa shape index (κ3) is 3.97. The van der Waals surface area contributed by atoms with Crippen LogP contribution in [0.15, 0.2) is 54.6 Å². The van der Waals surface area contributed by atoms with Crippen molar-refractivity contribution in [1.29, 1.82) is 0 Å². The lowest BCUT2D eigenvalue weighted by Crippen LogP contribution is -2.25. The Bertz CT molecular complexity index is 925. The molecule has 0 radical (unpaired) electrons. The van der Waals surface area contributed by atoms with Crippen LogP contribution in [0.3, 0.4) is 0 Å². The van der Waals surface area contributed by atoms with Gasteiger partial charge in [-0.15, -0.1) is 0 Å². The van der Waals surface area contributed by atoms with Gasteiger partial charge in [0.15, 0.2) is 0 Å². The summed E-state index contributed by atoms with van der Waals surface area (Å²) in [4.78, 5) is 31.2. The average Bonchev–Trinajstić information content (AvgIpc) is 3.10. The Hall–Kier alpha value is -3.41. The summed E-state index contributed by atoms with van der Waals surface area (Å²) in [6.07, 6.45) is 3.13. The molecule has 0 bridgehead atoms. The molecule has 0 aliphatic rings. The largest absolute Gasteiger partial charge is 0.465 e. The Morgan fingerprint density at radius 2 is 1.88 bits per heavy atom. The Morgan fingerprint density at radius 3 is 2.58 bits per heavy atom. The number of hydrogen-bond donors (Lipinski definition) is 2. The zero-order valence-electron chi connectivity index (χ0n) is 14.5. The van der Waals surface area contributed by atoms with Gasteiger partial charge in [0.1, 0.15) is 5.82 Å². The number of esters is 1. The predicted octanol–water partition coefficient (Wildman–Crippen LogP) is 3.24. The van der Waals surface area contributed by atoms with Crippen molar-refractivity contribution in [3.63, 3.8) is 0 Å². The molecule has 2 aromatic carbocycles. The number of carbonyl (C=O) groups is 2. The van der Waals surface area contributed by atoms with E-state index in [1.54, 1.807) is 30.3 Å². The van der Waals surface area contributed by atoms with E-state index in [-0.39, 0.29) is 11.9 Å². The standard InChI is InChI=1S/C20H19N3O3/c1-13(19-22-16-5-3-4-6-17(16)23-19)21-18(24)12-9-14-7-10-15(11-8-14)20(25)26-2/h3-13H,1-2H3,(H,21,24)(H,22,23)/b12-9+. The summed E-state index contributed by atoms with van der Waals surface area (Å²) in [6.45, 7) is 1.87. The molecule has 6 heteroatoms. The maximum atomic E-state index is 12.1. The number of ether oxygens (including phenoxy) is 1. The molecule has 1 atom stereocenters. The minimum Gasteiger partial charge on any atom is -0.465 e. The lowest BCUT2D eigenvalue weighted by atomic mass is 10.1. The highest BCUT2D eigenvalue weighted by atomic mass is 16.5. The van der Waals surface area contributed by atoms with Crippen molar-refractivity contribution in [2.24, 2.45) is 0 Å². The van der Waals surface area contributed by atoms with Crippen molar-refractivity contribution >= 4 is 29.0 Å². The van der Waals surface area contributed by atoms with Crippen LogP contribution in [0.4, 0.5) is 0 Å². The minimum atomic E-state index is -0.391. The smallest absolute Gasteiger partial charge is 0.337 e.